The van der Waals surface area contributed by atoms with E-state index < -0.39 is 11.9 Å². The Hall–Kier alpha value is -1.16. The summed E-state index contributed by atoms with van der Waals surface area (Å²) in [4.78, 5) is 0. The van der Waals surface area contributed by atoms with Crippen LogP contribution in [0.15, 0.2) is 35.4 Å². The van der Waals surface area contributed by atoms with E-state index in [4.69, 9.17) is 9.47 Å². The Bertz CT molecular complexity index is 489. The van der Waals surface area contributed by atoms with E-state index in [0.717, 1.165) is 29.5 Å². The van der Waals surface area contributed by atoms with E-state index in [-0.39, 0.29) is 0 Å². The van der Waals surface area contributed by atoms with E-state index in [1.807, 2.05) is 31.2 Å². The second kappa shape index (κ2) is 5.45. The maximum atomic E-state index is 11.1. The van der Waals surface area contributed by atoms with Crippen LogP contribution in [0.4, 0.5) is 0 Å². The van der Waals surface area contributed by atoms with Gasteiger partial charge in [0, 0.05) is 19.8 Å². The summed E-state index contributed by atoms with van der Waals surface area (Å²) < 4.78 is 10.7. The van der Waals surface area contributed by atoms with Crippen molar-refractivity contribution in [2.24, 2.45) is 0 Å². The van der Waals surface area contributed by atoms with Gasteiger partial charge in [-0.15, -0.1) is 0 Å². The van der Waals surface area contributed by atoms with Crippen molar-refractivity contribution in [3.8, 4) is 0 Å². The molecule has 0 saturated heterocycles. The third-order valence-corrected chi connectivity index (χ3v) is 4.21. The minimum atomic E-state index is -0.893. The summed E-state index contributed by atoms with van der Waals surface area (Å²) in [6, 6.07) is 7.79. The average molecular weight is 262 g/mol. The molecular weight excluding hydrogens is 240 g/mol. The van der Waals surface area contributed by atoms with Crippen LogP contribution in [-0.2, 0) is 15.1 Å². The van der Waals surface area contributed by atoms with Crippen molar-refractivity contribution in [2.75, 3.05) is 14.2 Å². The van der Waals surface area contributed by atoms with Crippen molar-refractivity contribution in [1.29, 1.82) is 0 Å². The van der Waals surface area contributed by atoms with Crippen molar-refractivity contribution in [3.05, 3.63) is 46.5 Å². The second-order valence-electron chi connectivity index (χ2n) is 5.16. The number of allylic oxidation sites excluding steroid dienone is 1. The smallest absolute Gasteiger partial charge is 0.183 e. The van der Waals surface area contributed by atoms with E-state index in [1.54, 1.807) is 14.2 Å². The molecule has 1 aromatic rings. The fourth-order valence-electron chi connectivity index (χ4n) is 2.86. The van der Waals surface area contributed by atoms with Crippen molar-refractivity contribution in [1.82, 2.24) is 0 Å². The Labute approximate surface area is 114 Å². The van der Waals surface area contributed by atoms with Gasteiger partial charge in [0.1, 0.15) is 5.60 Å². The van der Waals surface area contributed by atoms with Crippen LogP contribution < -0.4 is 0 Å². The zero-order valence-corrected chi connectivity index (χ0v) is 12.1. The summed E-state index contributed by atoms with van der Waals surface area (Å²) >= 11 is 0. The van der Waals surface area contributed by atoms with Gasteiger partial charge in [0.25, 0.3) is 0 Å². The Balaban J connectivity index is 2.52. The highest BCUT2D eigenvalue weighted by Gasteiger charge is 2.39. The lowest BCUT2D eigenvalue weighted by molar-refractivity contribution is -0.108. The first kappa shape index (κ1) is 14.3. The molecule has 0 aromatic heterocycles. The molecule has 3 nitrogen and oxygen atoms in total. The van der Waals surface area contributed by atoms with Crippen molar-refractivity contribution in [2.45, 2.75) is 38.6 Å². The lowest BCUT2D eigenvalue weighted by Crippen LogP contribution is -2.27. The van der Waals surface area contributed by atoms with Crippen LogP contribution in [-0.4, -0.2) is 19.3 Å². The predicted molar refractivity (Wildman–Crippen MR) is 74.7 cm³/mol. The van der Waals surface area contributed by atoms with Gasteiger partial charge in [0.2, 0.25) is 0 Å². The highest BCUT2D eigenvalue weighted by atomic mass is 16.7. The molecule has 19 heavy (non-hydrogen) atoms. The normalized spacial score (nSPS) is 23.5. The molecule has 0 saturated carbocycles. The summed E-state index contributed by atoms with van der Waals surface area (Å²) in [6.45, 7) is 4.09. The SMILES string of the molecule is COC(OC)c1ccccc1C1(O)CCC(C)=C1C. The lowest BCUT2D eigenvalue weighted by atomic mass is 9.84. The number of hydrogen-bond acceptors (Lipinski definition) is 3. The summed E-state index contributed by atoms with van der Waals surface area (Å²) in [5, 5.41) is 11.1. The van der Waals surface area contributed by atoms with Gasteiger partial charge in [-0.3, -0.25) is 0 Å². The fraction of sp³-hybridized carbons (Fsp3) is 0.500. The summed E-state index contributed by atoms with van der Waals surface area (Å²) in [5.74, 6) is 0. The van der Waals surface area contributed by atoms with Crippen LogP contribution in [0.3, 0.4) is 0 Å². The molecule has 0 heterocycles. The molecule has 1 N–H and O–H groups in total. The molecular formula is C16H22O3. The minimum absolute atomic E-state index is 0.450. The number of hydrogen-bond donors (Lipinski definition) is 1. The lowest BCUT2D eigenvalue weighted by Gasteiger charge is -2.30. The molecule has 0 amide bonds. The first-order chi connectivity index (χ1) is 9.04. The van der Waals surface area contributed by atoms with Crippen LogP contribution >= 0.6 is 0 Å². The van der Waals surface area contributed by atoms with Crippen LogP contribution in [0.25, 0.3) is 0 Å². The summed E-state index contributed by atoms with van der Waals surface area (Å²) in [6.07, 6.45) is 1.21. The fourth-order valence-corrected chi connectivity index (χ4v) is 2.86. The molecule has 104 valence electrons. The van der Waals surface area contributed by atoms with Crippen molar-refractivity contribution >= 4 is 0 Å². The van der Waals surface area contributed by atoms with Crippen LogP contribution in [0.2, 0.25) is 0 Å². The molecule has 1 aliphatic carbocycles. The largest absolute Gasteiger partial charge is 0.381 e. The molecule has 1 atom stereocenters. The Morgan fingerprint density at radius 1 is 1.16 bits per heavy atom. The number of ether oxygens (including phenoxy) is 2. The maximum absolute atomic E-state index is 11.1. The Kier molecular flexibility index (Phi) is 4.09. The second-order valence-corrected chi connectivity index (χ2v) is 5.16. The van der Waals surface area contributed by atoms with Gasteiger partial charge in [0.05, 0.1) is 0 Å². The Morgan fingerprint density at radius 2 is 1.79 bits per heavy atom. The van der Waals surface area contributed by atoms with E-state index in [2.05, 4.69) is 6.92 Å². The van der Waals surface area contributed by atoms with Gasteiger partial charge in [-0.25, -0.2) is 0 Å². The maximum Gasteiger partial charge on any atom is 0.183 e. The first-order valence-electron chi connectivity index (χ1n) is 6.58. The molecule has 2 rings (SSSR count). The third-order valence-electron chi connectivity index (χ3n) is 4.21. The predicted octanol–water partition coefficient (Wildman–Crippen LogP) is 3.30. The van der Waals surface area contributed by atoms with E-state index >= 15 is 0 Å². The number of methoxy groups -OCH3 is 2. The van der Waals surface area contributed by atoms with Gasteiger partial charge < -0.3 is 14.6 Å². The highest BCUT2D eigenvalue weighted by Crippen LogP contribution is 2.45. The number of rotatable bonds is 4. The molecule has 0 spiro atoms. The van der Waals surface area contributed by atoms with Crippen molar-refractivity contribution < 1.29 is 14.6 Å². The van der Waals surface area contributed by atoms with E-state index in [9.17, 15) is 5.11 Å². The molecule has 1 unspecified atom stereocenters. The molecule has 0 aliphatic heterocycles. The standard InChI is InChI=1S/C16H22O3/c1-11-9-10-16(17,12(11)2)14-8-6-5-7-13(14)15(18-3)19-4/h5-8,15,17H,9-10H2,1-4H3. The van der Waals surface area contributed by atoms with Gasteiger partial charge in [-0.05, 0) is 37.8 Å². The zero-order valence-electron chi connectivity index (χ0n) is 12.1. The monoisotopic (exact) mass is 262 g/mol. The number of benzene rings is 1. The van der Waals surface area contributed by atoms with Crippen molar-refractivity contribution in [3.63, 3.8) is 0 Å². The van der Waals surface area contributed by atoms with Crippen LogP contribution in [0, 0.1) is 0 Å². The summed E-state index contributed by atoms with van der Waals surface area (Å²) in [7, 11) is 3.22. The highest BCUT2D eigenvalue weighted by molar-refractivity contribution is 5.43. The third kappa shape index (κ3) is 2.34. The van der Waals surface area contributed by atoms with Crippen LogP contribution in [0.5, 0.6) is 0 Å². The van der Waals surface area contributed by atoms with Gasteiger partial charge in [-0.2, -0.15) is 0 Å². The van der Waals surface area contributed by atoms with Crippen LogP contribution in [0.1, 0.15) is 44.1 Å². The topological polar surface area (TPSA) is 38.7 Å². The molecule has 0 bridgehead atoms. The van der Waals surface area contributed by atoms with E-state index in [0.29, 0.717) is 0 Å². The quantitative estimate of drug-likeness (QED) is 0.668. The first-order valence-corrected chi connectivity index (χ1v) is 6.58. The molecule has 0 fully saturated rings. The molecule has 3 heteroatoms. The average Bonchev–Trinajstić information content (AvgIpc) is 2.70. The molecule has 0 radical (unpaired) electrons. The molecule has 1 aliphatic rings. The minimum Gasteiger partial charge on any atom is -0.381 e. The van der Waals surface area contributed by atoms with Gasteiger partial charge in [-0.1, -0.05) is 29.8 Å². The molecule has 1 aromatic carbocycles. The summed E-state index contributed by atoms with van der Waals surface area (Å²) in [5.41, 5.74) is 3.20. The zero-order chi connectivity index (χ0) is 14.0. The van der Waals surface area contributed by atoms with Gasteiger partial charge >= 0.3 is 0 Å². The van der Waals surface area contributed by atoms with E-state index in [1.165, 1.54) is 5.57 Å². The number of aliphatic hydroxyl groups is 1. The Morgan fingerprint density at radius 3 is 2.32 bits per heavy atom. The van der Waals surface area contributed by atoms with Gasteiger partial charge in [0.15, 0.2) is 6.29 Å².